The molecule has 29 heavy (non-hydrogen) atoms. The Labute approximate surface area is 178 Å². The summed E-state index contributed by atoms with van der Waals surface area (Å²) in [6.45, 7) is 22.7. The highest BCUT2D eigenvalue weighted by atomic mass is 16.5. The highest BCUT2D eigenvalue weighted by Gasteiger charge is 2.32. The molecule has 2 aromatic carbocycles. The van der Waals surface area contributed by atoms with E-state index in [1.165, 1.54) is 33.4 Å². The molecule has 0 saturated heterocycles. The first-order valence-electron chi connectivity index (χ1n) is 10.5. The van der Waals surface area contributed by atoms with Gasteiger partial charge in [-0.2, -0.15) is 0 Å². The second-order valence-corrected chi connectivity index (χ2v) is 10.8. The minimum atomic E-state index is -0.197. The molecule has 0 bridgehead atoms. The number of methoxy groups -OCH3 is 2. The first-order chi connectivity index (χ1) is 13.1. The third-order valence-corrected chi connectivity index (χ3v) is 6.20. The number of ether oxygens (including phenoxy) is 2. The molecular formula is C27H40O2. The summed E-state index contributed by atoms with van der Waals surface area (Å²) < 4.78 is 11.4. The van der Waals surface area contributed by atoms with Crippen molar-refractivity contribution >= 4 is 0 Å². The summed E-state index contributed by atoms with van der Waals surface area (Å²) >= 11 is 0. The van der Waals surface area contributed by atoms with Crippen LogP contribution in [-0.4, -0.2) is 14.2 Å². The van der Waals surface area contributed by atoms with E-state index in [9.17, 15) is 0 Å². The van der Waals surface area contributed by atoms with Crippen LogP contribution in [0.4, 0.5) is 0 Å². The fraction of sp³-hybridized carbons (Fsp3) is 0.556. The van der Waals surface area contributed by atoms with Gasteiger partial charge in [-0.1, -0.05) is 55.4 Å². The molecule has 0 N–H and O–H groups in total. The molecule has 0 saturated carbocycles. The molecule has 0 unspecified atom stereocenters. The van der Waals surface area contributed by atoms with Crippen LogP contribution in [0.2, 0.25) is 0 Å². The van der Waals surface area contributed by atoms with Crippen molar-refractivity contribution in [2.24, 2.45) is 0 Å². The second-order valence-electron chi connectivity index (χ2n) is 10.8. The average Bonchev–Trinajstić information content (AvgIpc) is 2.59. The first kappa shape index (κ1) is 23.3. The Hall–Kier alpha value is -1.96. The van der Waals surface area contributed by atoms with Crippen molar-refractivity contribution < 1.29 is 9.47 Å². The lowest BCUT2D eigenvalue weighted by Gasteiger charge is -2.35. The monoisotopic (exact) mass is 396 g/mol. The highest BCUT2D eigenvalue weighted by Crippen LogP contribution is 2.44. The Morgan fingerprint density at radius 1 is 0.517 bits per heavy atom. The van der Waals surface area contributed by atoms with Gasteiger partial charge in [0.25, 0.3) is 0 Å². The third-order valence-electron chi connectivity index (χ3n) is 6.20. The van der Waals surface area contributed by atoms with Gasteiger partial charge in [-0.05, 0) is 82.3 Å². The van der Waals surface area contributed by atoms with E-state index in [4.69, 9.17) is 9.47 Å². The number of hydrogen-bond acceptors (Lipinski definition) is 2. The fourth-order valence-electron chi connectivity index (χ4n) is 4.61. The maximum Gasteiger partial charge on any atom is 0.119 e. The van der Waals surface area contributed by atoms with Crippen molar-refractivity contribution in [2.45, 2.75) is 85.5 Å². The topological polar surface area (TPSA) is 18.5 Å². The van der Waals surface area contributed by atoms with E-state index < -0.39 is 0 Å². The van der Waals surface area contributed by atoms with Crippen molar-refractivity contribution in [1.82, 2.24) is 0 Å². The molecule has 2 rings (SSSR count). The van der Waals surface area contributed by atoms with Gasteiger partial charge >= 0.3 is 0 Å². The summed E-state index contributed by atoms with van der Waals surface area (Å²) in [5.41, 5.74) is 7.83. The zero-order chi connectivity index (χ0) is 22.4. The Balaban J connectivity index is 2.87. The van der Waals surface area contributed by atoms with Crippen LogP contribution in [0.1, 0.15) is 88.8 Å². The van der Waals surface area contributed by atoms with Crippen molar-refractivity contribution in [1.29, 1.82) is 0 Å². The molecule has 0 heterocycles. The van der Waals surface area contributed by atoms with Crippen LogP contribution in [-0.2, 0) is 16.2 Å². The van der Waals surface area contributed by atoms with E-state index in [2.05, 4.69) is 93.5 Å². The van der Waals surface area contributed by atoms with E-state index in [0.717, 1.165) is 11.5 Å². The van der Waals surface area contributed by atoms with Crippen LogP contribution >= 0.6 is 0 Å². The third kappa shape index (κ3) is 4.47. The Bertz CT molecular complexity index is 817. The zero-order valence-electron chi connectivity index (χ0n) is 20.6. The first-order valence-corrected chi connectivity index (χ1v) is 10.5. The van der Waals surface area contributed by atoms with Gasteiger partial charge in [0.05, 0.1) is 14.2 Å². The van der Waals surface area contributed by atoms with E-state index in [1.54, 1.807) is 14.2 Å². The summed E-state index contributed by atoms with van der Waals surface area (Å²) in [7, 11) is 3.50. The van der Waals surface area contributed by atoms with Gasteiger partial charge in [-0.3, -0.25) is 0 Å². The van der Waals surface area contributed by atoms with Crippen LogP contribution in [0, 0.1) is 13.8 Å². The SMILES string of the molecule is COc1cc(C(C)(C)C)c(C)c(C(C)(C)c2cc(OC)cc(C(C)(C)C)c2C)c1. The minimum absolute atomic E-state index is 0.0451. The van der Waals surface area contributed by atoms with Crippen molar-refractivity contribution in [2.75, 3.05) is 14.2 Å². The standard InChI is InChI=1S/C27H40O2/c1-17-21(25(3,4)5)13-19(28-11)15-23(17)27(9,10)24-16-20(29-12)14-22(18(24)2)26(6,7)8/h13-16H,1-12H3. The molecular weight excluding hydrogens is 356 g/mol. The summed E-state index contributed by atoms with van der Waals surface area (Å²) in [6.07, 6.45) is 0. The normalized spacial score (nSPS) is 12.8. The minimum Gasteiger partial charge on any atom is -0.497 e. The summed E-state index contributed by atoms with van der Waals surface area (Å²) in [4.78, 5) is 0. The maximum atomic E-state index is 5.71. The van der Waals surface area contributed by atoms with Gasteiger partial charge in [-0.15, -0.1) is 0 Å². The fourth-order valence-corrected chi connectivity index (χ4v) is 4.61. The lowest BCUT2D eigenvalue weighted by Crippen LogP contribution is -2.26. The van der Waals surface area contributed by atoms with Crippen LogP contribution in [0.15, 0.2) is 24.3 Å². The van der Waals surface area contributed by atoms with Crippen molar-refractivity contribution in [3.63, 3.8) is 0 Å². The molecule has 0 spiro atoms. The summed E-state index contributed by atoms with van der Waals surface area (Å²) in [5, 5.41) is 0. The molecule has 0 aliphatic heterocycles. The molecule has 2 aromatic rings. The molecule has 0 aliphatic rings. The Kier molecular flexibility index (Phi) is 6.19. The van der Waals surface area contributed by atoms with Crippen LogP contribution in [0.3, 0.4) is 0 Å². The molecule has 0 radical (unpaired) electrons. The van der Waals surface area contributed by atoms with Crippen molar-refractivity contribution in [3.8, 4) is 11.5 Å². The summed E-state index contributed by atoms with van der Waals surface area (Å²) in [6, 6.07) is 8.79. The lowest BCUT2D eigenvalue weighted by molar-refractivity contribution is 0.408. The van der Waals surface area contributed by atoms with Crippen LogP contribution < -0.4 is 9.47 Å². The Morgan fingerprint density at radius 2 is 0.793 bits per heavy atom. The van der Waals surface area contributed by atoms with Gasteiger partial charge in [0, 0.05) is 5.41 Å². The van der Waals surface area contributed by atoms with Crippen LogP contribution in [0.5, 0.6) is 11.5 Å². The number of benzene rings is 2. The molecule has 0 amide bonds. The van der Waals surface area contributed by atoms with Gasteiger partial charge in [-0.25, -0.2) is 0 Å². The zero-order valence-corrected chi connectivity index (χ0v) is 20.6. The van der Waals surface area contributed by atoms with E-state index in [-0.39, 0.29) is 16.2 Å². The molecule has 0 aliphatic carbocycles. The van der Waals surface area contributed by atoms with Crippen LogP contribution in [0.25, 0.3) is 0 Å². The second kappa shape index (κ2) is 7.70. The molecule has 0 atom stereocenters. The smallest absolute Gasteiger partial charge is 0.119 e. The van der Waals surface area contributed by atoms with Gasteiger partial charge in [0.1, 0.15) is 11.5 Å². The molecule has 0 fully saturated rings. The van der Waals surface area contributed by atoms with E-state index in [1.807, 2.05) is 0 Å². The Morgan fingerprint density at radius 3 is 1.03 bits per heavy atom. The summed E-state index contributed by atoms with van der Waals surface area (Å²) in [5.74, 6) is 1.83. The number of rotatable bonds is 4. The predicted molar refractivity (Wildman–Crippen MR) is 125 cm³/mol. The van der Waals surface area contributed by atoms with E-state index >= 15 is 0 Å². The largest absolute Gasteiger partial charge is 0.497 e. The maximum absolute atomic E-state index is 5.71. The lowest BCUT2D eigenvalue weighted by atomic mass is 9.69. The number of hydrogen-bond donors (Lipinski definition) is 0. The van der Waals surface area contributed by atoms with Gasteiger partial charge in [0.2, 0.25) is 0 Å². The molecule has 0 aromatic heterocycles. The van der Waals surface area contributed by atoms with Gasteiger partial charge < -0.3 is 9.47 Å². The van der Waals surface area contributed by atoms with Crippen molar-refractivity contribution in [3.05, 3.63) is 57.6 Å². The highest BCUT2D eigenvalue weighted by molar-refractivity contribution is 5.55. The van der Waals surface area contributed by atoms with Gasteiger partial charge in [0.15, 0.2) is 0 Å². The molecule has 160 valence electrons. The quantitative estimate of drug-likeness (QED) is 0.542. The van der Waals surface area contributed by atoms with E-state index in [0.29, 0.717) is 0 Å². The average molecular weight is 397 g/mol. The predicted octanol–water partition coefficient (Wildman–Crippen LogP) is 7.24. The molecule has 2 heteroatoms. The molecule has 2 nitrogen and oxygen atoms in total.